The van der Waals surface area contributed by atoms with Crippen LogP contribution in [0.1, 0.15) is 25.8 Å². The van der Waals surface area contributed by atoms with Gasteiger partial charge in [0.15, 0.2) is 0 Å². The number of carbonyl (C=O) groups excluding carboxylic acids is 2. The Kier molecular flexibility index (Phi) is 9.71. The zero-order valence-corrected chi connectivity index (χ0v) is 21.0. The maximum atomic E-state index is 13.4. The van der Waals surface area contributed by atoms with Crippen molar-refractivity contribution < 1.29 is 18.0 Å². The second-order valence-corrected chi connectivity index (χ2v) is 10.3. The molecule has 0 spiro atoms. The highest BCUT2D eigenvalue weighted by Crippen LogP contribution is 2.27. The molecular formula is C23H30BrN3O4S. The molecule has 0 saturated carbocycles. The summed E-state index contributed by atoms with van der Waals surface area (Å²) in [4.78, 5) is 27.4. The number of benzene rings is 2. The van der Waals surface area contributed by atoms with Crippen LogP contribution >= 0.6 is 15.9 Å². The van der Waals surface area contributed by atoms with Crippen molar-refractivity contribution in [2.75, 3.05) is 30.2 Å². The number of carbonyl (C=O) groups is 2. The molecule has 0 bridgehead atoms. The zero-order chi connectivity index (χ0) is 23.7. The van der Waals surface area contributed by atoms with Crippen molar-refractivity contribution in [2.24, 2.45) is 0 Å². The summed E-state index contributed by atoms with van der Waals surface area (Å²) in [6.45, 7) is 4.01. The molecule has 0 fully saturated rings. The third kappa shape index (κ3) is 7.34. The van der Waals surface area contributed by atoms with Crippen molar-refractivity contribution >= 4 is 43.5 Å². The van der Waals surface area contributed by atoms with Gasteiger partial charge in [-0.15, -0.1) is 0 Å². The van der Waals surface area contributed by atoms with Gasteiger partial charge in [-0.3, -0.25) is 13.9 Å². The van der Waals surface area contributed by atoms with E-state index in [2.05, 4.69) is 21.2 Å². The van der Waals surface area contributed by atoms with E-state index in [1.807, 2.05) is 37.3 Å². The molecule has 0 aliphatic carbocycles. The first-order valence-corrected chi connectivity index (χ1v) is 13.1. The van der Waals surface area contributed by atoms with E-state index in [9.17, 15) is 18.0 Å². The van der Waals surface area contributed by atoms with Crippen molar-refractivity contribution in [2.45, 2.75) is 32.7 Å². The maximum Gasteiger partial charge on any atom is 0.244 e. The summed E-state index contributed by atoms with van der Waals surface area (Å²) in [5.41, 5.74) is 1.40. The molecule has 0 aromatic heterocycles. The van der Waals surface area contributed by atoms with Gasteiger partial charge in [0, 0.05) is 17.6 Å². The molecule has 0 radical (unpaired) electrons. The Bertz CT molecular complexity index is 1010. The lowest BCUT2D eigenvalue weighted by Gasteiger charge is -2.31. The largest absolute Gasteiger partial charge is 0.354 e. The van der Waals surface area contributed by atoms with Gasteiger partial charge in [0.25, 0.3) is 0 Å². The molecule has 174 valence electrons. The highest BCUT2D eigenvalue weighted by molar-refractivity contribution is 9.10. The lowest BCUT2D eigenvalue weighted by molar-refractivity contribution is -0.138. The molecule has 0 saturated heterocycles. The van der Waals surface area contributed by atoms with Crippen molar-refractivity contribution in [3.05, 3.63) is 64.6 Å². The Labute approximate surface area is 199 Å². The molecule has 2 amide bonds. The molecule has 0 unspecified atom stereocenters. The topological polar surface area (TPSA) is 86.8 Å². The van der Waals surface area contributed by atoms with Crippen LogP contribution in [0.2, 0.25) is 0 Å². The van der Waals surface area contributed by atoms with Crippen LogP contribution in [0.15, 0.2) is 59.1 Å². The molecule has 0 heterocycles. The molecule has 32 heavy (non-hydrogen) atoms. The van der Waals surface area contributed by atoms with E-state index in [0.717, 1.165) is 22.5 Å². The van der Waals surface area contributed by atoms with E-state index in [4.69, 9.17) is 0 Å². The minimum absolute atomic E-state index is 0.264. The van der Waals surface area contributed by atoms with Gasteiger partial charge < -0.3 is 10.2 Å². The number of anilines is 1. The summed E-state index contributed by atoms with van der Waals surface area (Å²) in [5, 5.41) is 2.82. The highest BCUT2D eigenvalue weighted by Gasteiger charge is 2.30. The Morgan fingerprint density at radius 1 is 1.06 bits per heavy atom. The van der Waals surface area contributed by atoms with Crippen molar-refractivity contribution in [3.8, 4) is 0 Å². The molecule has 7 nitrogen and oxygen atoms in total. The van der Waals surface area contributed by atoms with Gasteiger partial charge in [-0.1, -0.05) is 49.4 Å². The molecule has 2 rings (SSSR count). The fourth-order valence-electron chi connectivity index (χ4n) is 3.21. The molecule has 1 N–H and O–H groups in total. The second kappa shape index (κ2) is 12.0. The zero-order valence-electron chi connectivity index (χ0n) is 18.6. The number of hydrogen-bond acceptors (Lipinski definition) is 4. The van der Waals surface area contributed by atoms with E-state index in [1.165, 1.54) is 4.90 Å². The van der Waals surface area contributed by atoms with E-state index in [-0.39, 0.29) is 12.5 Å². The summed E-state index contributed by atoms with van der Waals surface area (Å²) in [6, 6.07) is 15.7. The third-order valence-electron chi connectivity index (χ3n) is 5.00. The standard InChI is InChI=1S/C23H30BrN3O4S/c1-4-15-25-23(29)18(2)26(16-14-19-10-6-5-7-11-19)22(28)17-27(32(3,30)31)21-13-9-8-12-20(21)24/h5-13,18H,4,14-17H2,1-3H3,(H,25,29)/t18-/m0/s1. The highest BCUT2D eigenvalue weighted by atomic mass is 79.9. The first-order valence-electron chi connectivity index (χ1n) is 10.5. The number of nitrogens with one attached hydrogen (secondary N) is 1. The number of para-hydroxylation sites is 1. The molecule has 0 aliphatic rings. The lowest BCUT2D eigenvalue weighted by atomic mass is 10.1. The predicted octanol–water partition coefficient (Wildman–Crippen LogP) is 3.20. The average Bonchev–Trinajstić information content (AvgIpc) is 2.76. The Hall–Kier alpha value is -2.39. The molecule has 2 aromatic rings. The van der Waals surface area contributed by atoms with Gasteiger partial charge in [0.2, 0.25) is 21.8 Å². The molecule has 0 aliphatic heterocycles. The van der Waals surface area contributed by atoms with Gasteiger partial charge in [-0.25, -0.2) is 8.42 Å². The van der Waals surface area contributed by atoms with Crippen LogP contribution in [0, 0.1) is 0 Å². The predicted molar refractivity (Wildman–Crippen MR) is 131 cm³/mol. The second-order valence-electron chi connectivity index (χ2n) is 7.51. The number of nitrogens with zero attached hydrogens (tertiary/aromatic N) is 2. The van der Waals surface area contributed by atoms with E-state index >= 15 is 0 Å². The first kappa shape index (κ1) is 25.9. The van der Waals surface area contributed by atoms with Gasteiger partial charge in [-0.2, -0.15) is 0 Å². The molecule has 2 aromatic carbocycles. The first-order chi connectivity index (χ1) is 15.1. The van der Waals surface area contributed by atoms with E-state index in [0.29, 0.717) is 23.1 Å². The van der Waals surface area contributed by atoms with Crippen LogP contribution in [0.4, 0.5) is 5.69 Å². The summed E-state index contributed by atoms with van der Waals surface area (Å²) >= 11 is 3.36. The van der Waals surface area contributed by atoms with Crippen LogP contribution in [-0.4, -0.2) is 57.1 Å². The number of hydrogen-bond donors (Lipinski definition) is 1. The van der Waals surface area contributed by atoms with Gasteiger partial charge in [0.05, 0.1) is 11.9 Å². The summed E-state index contributed by atoms with van der Waals surface area (Å²) in [6.07, 6.45) is 2.39. The third-order valence-corrected chi connectivity index (χ3v) is 6.80. The van der Waals surface area contributed by atoms with Crippen molar-refractivity contribution in [1.82, 2.24) is 10.2 Å². The molecular weight excluding hydrogens is 494 g/mol. The minimum Gasteiger partial charge on any atom is -0.354 e. The Morgan fingerprint density at radius 3 is 2.28 bits per heavy atom. The minimum atomic E-state index is -3.74. The van der Waals surface area contributed by atoms with Crippen LogP contribution in [-0.2, 0) is 26.0 Å². The number of rotatable bonds is 11. The fraction of sp³-hybridized carbons (Fsp3) is 0.391. The number of halogens is 1. The van der Waals surface area contributed by atoms with Crippen LogP contribution in [0.3, 0.4) is 0 Å². The number of sulfonamides is 1. The monoisotopic (exact) mass is 523 g/mol. The maximum absolute atomic E-state index is 13.4. The van der Waals surface area contributed by atoms with E-state index < -0.39 is 28.5 Å². The fourth-order valence-corrected chi connectivity index (χ4v) is 4.69. The lowest BCUT2D eigenvalue weighted by Crippen LogP contribution is -2.52. The van der Waals surface area contributed by atoms with Gasteiger partial charge >= 0.3 is 0 Å². The van der Waals surface area contributed by atoms with Crippen LogP contribution in [0.5, 0.6) is 0 Å². The smallest absolute Gasteiger partial charge is 0.244 e. The Balaban J connectivity index is 2.29. The SMILES string of the molecule is CCCNC(=O)[C@H](C)N(CCc1ccccc1)C(=O)CN(c1ccccc1Br)S(C)(=O)=O. The van der Waals surface area contributed by atoms with Crippen LogP contribution in [0.25, 0.3) is 0 Å². The number of amides is 2. The van der Waals surface area contributed by atoms with E-state index in [1.54, 1.807) is 31.2 Å². The molecule has 9 heteroatoms. The summed E-state index contributed by atoms with van der Waals surface area (Å²) in [7, 11) is -3.74. The molecule has 1 atom stereocenters. The van der Waals surface area contributed by atoms with Crippen LogP contribution < -0.4 is 9.62 Å². The average molecular weight is 524 g/mol. The quantitative estimate of drug-likeness (QED) is 0.489. The summed E-state index contributed by atoms with van der Waals surface area (Å²) in [5.74, 6) is -0.707. The van der Waals surface area contributed by atoms with Crippen molar-refractivity contribution in [1.29, 1.82) is 0 Å². The van der Waals surface area contributed by atoms with Gasteiger partial charge in [0.1, 0.15) is 12.6 Å². The summed E-state index contributed by atoms with van der Waals surface area (Å²) < 4.78 is 26.7. The normalized spacial score (nSPS) is 12.1. The Morgan fingerprint density at radius 2 is 1.69 bits per heavy atom. The van der Waals surface area contributed by atoms with Gasteiger partial charge in [-0.05, 0) is 53.4 Å². The van der Waals surface area contributed by atoms with Crippen molar-refractivity contribution in [3.63, 3.8) is 0 Å².